The summed E-state index contributed by atoms with van der Waals surface area (Å²) in [6.45, 7) is 1.69. The Labute approximate surface area is 114 Å². The van der Waals surface area contributed by atoms with Crippen LogP contribution in [0.2, 0.25) is 0 Å². The van der Waals surface area contributed by atoms with Crippen molar-refractivity contribution in [1.29, 1.82) is 0 Å². The van der Waals surface area contributed by atoms with E-state index in [4.69, 9.17) is 0 Å². The van der Waals surface area contributed by atoms with Crippen LogP contribution in [0.25, 0.3) is 0 Å². The van der Waals surface area contributed by atoms with Crippen LogP contribution in [0.4, 0.5) is 4.39 Å². The van der Waals surface area contributed by atoms with E-state index in [0.717, 1.165) is 11.6 Å². The highest BCUT2D eigenvalue weighted by Crippen LogP contribution is 2.22. The Hall–Kier alpha value is -1.72. The van der Waals surface area contributed by atoms with Crippen LogP contribution in [0.1, 0.15) is 22.8 Å². The molecule has 0 saturated carbocycles. The Morgan fingerprint density at radius 2 is 2.26 bits per heavy atom. The Kier molecular flexibility index (Phi) is 3.97. The third-order valence-corrected chi connectivity index (χ3v) is 3.51. The summed E-state index contributed by atoms with van der Waals surface area (Å²) in [7, 11) is 0. The summed E-state index contributed by atoms with van der Waals surface area (Å²) in [5.74, 6) is -0.868. The number of thiophene rings is 1. The molecule has 1 aromatic heterocycles. The van der Waals surface area contributed by atoms with Crippen molar-refractivity contribution in [1.82, 2.24) is 5.32 Å². The molecule has 2 rings (SSSR count). The van der Waals surface area contributed by atoms with Gasteiger partial charge in [0.15, 0.2) is 0 Å². The smallest absolute Gasteiger partial charge is 0.251 e. The maximum atomic E-state index is 13.0. The maximum Gasteiger partial charge on any atom is 0.251 e. The highest BCUT2D eigenvalue weighted by molar-refractivity contribution is 7.08. The second kappa shape index (κ2) is 5.50. The van der Waals surface area contributed by atoms with Crippen LogP contribution in [-0.4, -0.2) is 17.6 Å². The molecule has 5 heteroatoms. The number of hydrogen-bond donors (Lipinski definition) is 2. The number of halogens is 1. The van der Waals surface area contributed by atoms with Crippen molar-refractivity contribution >= 4 is 17.2 Å². The molecule has 0 aliphatic rings. The van der Waals surface area contributed by atoms with Gasteiger partial charge in [0.25, 0.3) is 5.91 Å². The van der Waals surface area contributed by atoms with Gasteiger partial charge < -0.3 is 10.4 Å². The number of aliphatic hydroxyl groups is 1. The average Bonchev–Trinajstić information content (AvgIpc) is 2.90. The predicted octanol–water partition coefficient (Wildman–Crippen LogP) is 2.52. The van der Waals surface area contributed by atoms with E-state index >= 15 is 0 Å². The molecule has 19 heavy (non-hydrogen) atoms. The van der Waals surface area contributed by atoms with E-state index in [9.17, 15) is 14.3 Å². The Morgan fingerprint density at radius 1 is 1.47 bits per heavy atom. The molecule has 1 atom stereocenters. The van der Waals surface area contributed by atoms with Gasteiger partial charge in [0.2, 0.25) is 0 Å². The molecule has 0 spiro atoms. The van der Waals surface area contributed by atoms with Crippen LogP contribution in [0.15, 0.2) is 41.1 Å². The van der Waals surface area contributed by atoms with Crippen LogP contribution in [0.3, 0.4) is 0 Å². The summed E-state index contributed by atoms with van der Waals surface area (Å²) < 4.78 is 13.0. The molecular weight excluding hydrogens is 265 g/mol. The zero-order chi connectivity index (χ0) is 13.9. The van der Waals surface area contributed by atoms with Crippen molar-refractivity contribution in [3.05, 3.63) is 58.0 Å². The lowest BCUT2D eigenvalue weighted by Gasteiger charge is -2.22. The molecule has 1 heterocycles. The first kappa shape index (κ1) is 13.7. The Bertz CT molecular complexity index is 567. The van der Waals surface area contributed by atoms with Crippen molar-refractivity contribution in [3.8, 4) is 0 Å². The lowest BCUT2D eigenvalue weighted by molar-refractivity contribution is 0.0530. The zero-order valence-electron chi connectivity index (χ0n) is 10.4. The topological polar surface area (TPSA) is 49.3 Å². The number of nitrogens with one attached hydrogen (secondary N) is 1. The van der Waals surface area contributed by atoms with Crippen molar-refractivity contribution in [3.63, 3.8) is 0 Å². The van der Waals surface area contributed by atoms with Crippen LogP contribution >= 0.6 is 11.3 Å². The van der Waals surface area contributed by atoms with E-state index in [2.05, 4.69) is 5.32 Å². The molecular formula is C14H14FNO2S. The predicted molar refractivity (Wildman–Crippen MR) is 72.6 cm³/mol. The fourth-order valence-electron chi connectivity index (χ4n) is 1.66. The first-order valence-corrected chi connectivity index (χ1v) is 6.72. The molecule has 1 amide bonds. The van der Waals surface area contributed by atoms with E-state index in [1.54, 1.807) is 13.0 Å². The van der Waals surface area contributed by atoms with Gasteiger partial charge in [0, 0.05) is 5.56 Å². The molecule has 1 aromatic carbocycles. The number of hydrogen-bond acceptors (Lipinski definition) is 3. The van der Waals surface area contributed by atoms with Gasteiger partial charge in [-0.25, -0.2) is 4.39 Å². The van der Waals surface area contributed by atoms with Gasteiger partial charge in [-0.3, -0.25) is 4.79 Å². The summed E-state index contributed by atoms with van der Waals surface area (Å²) in [5.41, 5.74) is -0.152. The van der Waals surface area contributed by atoms with Gasteiger partial charge >= 0.3 is 0 Å². The van der Waals surface area contributed by atoms with E-state index in [0.29, 0.717) is 0 Å². The number of benzene rings is 1. The maximum absolute atomic E-state index is 13.0. The quantitative estimate of drug-likeness (QED) is 0.903. The third kappa shape index (κ3) is 3.39. The van der Waals surface area contributed by atoms with Crippen LogP contribution in [-0.2, 0) is 5.60 Å². The normalized spacial score (nSPS) is 13.8. The van der Waals surface area contributed by atoms with Crippen LogP contribution < -0.4 is 5.32 Å². The van der Waals surface area contributed by atoms with E-state index in [1.807, 2.05) is 10.8 Å². The average molecular weight is 279 g/mol. The molecule has 0 radical (unpaired) electrons. The largest absolute Gasteiger partial charge is 0.384 e. The van der Waals surface area contributed by atoms with E-state index in [1.165, 1.54) is 29.5 Å². The number of carbonyl (C=O) groups excluding carboxylic acids is 1. The molecule has 0 saturated heterocycles. The molecule has 0 bridgehead atoms. The number of rotatable bonds is 4. The van der Waals surface area contributed by atoms with Crippen molar-refractivity contribution in [2.45, 2.75) is 12.5 Å². The molecule has 0 aliphatic heterocycles. The molecule has 0 fully saturated rings. The monoisotopic (exact) mass is 279 g/mol. The minimum atomic E-state index is -1.14. The number of carbonyl (C=O) groups is 1. The minimum Gasteiger partial charge on any atom is -0.384 e. The third-order valence-electron chi connectivity index (χ3n) is 2.82. The minimum absolute atomic E-state index is 0.0685. The van der Waals surface area contributed by atoms with E-state index in [-0.39, 0.29) is 12.1 Å². The number of amides is 1. The summed E-state index contributed by atoms with van der Waals surface area (Å²) in [5, 5.41) is 16.5. The SMILES string of the molecule is CC(O)(CNC(=O)c1cccc(F)c1)c1ccsc1. The van der Waals surface area contributed by atoms with Gasteiger partial charge in [-0.15, -0.1) is 0 Å². The van der Waals surface area contributed by atoms with E-state index < -0.39 is 17.3 Å². The first-order valence-electron chi connectivity index (χ1n) is 5.78. The van der Waals surface area contributed by atoms with Gasteiger partial charge in [-0.2, -0.15) is 11.3 Å². The molecule has 2 aromatic rings. The standard InChI is InChI=1S/C14H14FNO2S/c1-14(18,11-5-6-19-8-11)9-16-13(17)10-3-2-4-12(15)7-10/h2-8,18H,9H2,1H3,(H,16,17). The van der Waals surface area contributed by atoms with Gasteiger partial charge in [-0.05, 0) is 47.5 Å². The Morgan fingerprint density at radius 3 is 2.89 bits per heavy atom. The zero-order valence-corrected chi connectivity index (χ0v) is 11.2. The fourth-order valence-corrected chi connectivity index (χ4v) is 2.44. The highest BCUT2D eigenvalue weighted by atomic mass is 32.1. The highest BCUT2D eigenvalue weighted by Gasteiger charge is 2.24. The molecule has 0 aliphatic carbocycles. The molecule has 3 nitrogen and oxygen atoms in total. The van der Waals surface area contributed by atoms with Crippen molar-refractivity contribution in [2.75, 3.05) is 6.54 Å². The first-order chi connectivity index (χ1) is 8.99. The summed E-state index contributed by atoms with van der Waals surface area (Å²) in [6.07, 6.45) is 0. The fraction of sp³-hybridized carbons (Fsp3) is 0.214. The summed E-state index contributed by atoms with van der Waals surface area (Å²) >= 11 is 1.48. The second-order valence-electron chi connectivity index (χ2n) is 4.48. The van der Waals surface area contributed by atoms with Gasteiger partial charge in [0.05, 0.1) is 6.54 Å². The van der Waals surface area contributed by atoms with Crippen molar-refractivity contribution in [2.24, 2.45) is 0 Å². The molecule has 100 valence electrons. The molecule has 1 unspecified atom stereocenters. The lowest BCUT2D eigenvalue weighted by Crippen LogP contribution is -2.38. The summed E-state index contributed by atoms with van der Waals surface area (Å²) in [4.78, 5) is 11.8. The lowest BCUT2D eigenvalue weighted by atomic mass is 9.99. The van der Waals surface area contributed by atoms with Crippen LogP contribution in [0.5, 0.6) is 0 Å². The Balaban J connectivity index is 2.01. The van der Waals surface area contributed by atoms with Gasteiger partial charge in [-0.1, -0.05) is 6.07 Å². The second-order valence-corrected chi connectivity index (χ2v) is 5.26. The van der Waals surface area contributed by atoms with Crippen LogP contribution in [0, 0.1) is 5.82 Å². The van der Waals surface area contributed by atoms with Crippen molar-refractivity contribution < 1.29 is 14.3 Å². The summed E-state index contributed by atoms with van der Waals surface area (Å²) in [6, 6.07) is 7.24. The molecule has 2 N–H and O–H groups in total. The van der Waals surface area contributed by atoms with Gasteiger partial charge in [0.1, 0.15) is 11.4 Å².